The first kappa shape index (κ1) is 8.09. The zero-order valence-corrected chi connectivity index (χ0v) is 7.71. The quantitative estimate of drug-likeness (QED) is 0.641. The van der Waals surface area contributed by atoms with Crippen LogP contribution in [0.15, 0.2) is 18.3 Å². The Bertz CT molecular complexity index is 507. The van der Waals surface area contributed by atoms with Crippen molar-refractivity contribution in [2.75, 3.05) is 0 Å². The number of hydrogen-bond acceptors (Lipinski definition) is 2. The van der Waals surface area contributed by atoms with Crippen LogP contribution < -0.4 is 0 Å². The van der Waals surface area contributed by atoms with Crippen LogP contribution in [0.4, 0.5) is 0 Å². The average molecular weight is 192 g/mol. The number of nitrogens with zero attached hydrogens (tertiary/aromatic N) is 3. The highest BCUT2D eigenvalue weighted by Gasteiger charge is 2.08. The van der Waals surface area contributed by atoms with E-state index in [1.807, 2.05) is 31.3 Å². The molecule has 2 rings (SSSR count). The molecule has 0 bridgehead atoms. The molecule has 0 N–H and O–H groups in total. The van der Waals surface area contributed by atoms with Crippen LogP contribution in [0.2, 0.25) is 5.15 Å². The van der Waals surface area contributed by atoms with Gasteiger partial charge in [-0.2, -0.15) is 5.26 Å². The van der Waals surface area contributed by atoms with E-state index in [9.17, 15) is 0 Å². The third-order valence-electron chi connectivity index (χ3n) is 1.83. The van der Waals surface area contributed by atoms with Crippen LogP contribution in [-0.4, -0.2) is 9.38 Å². The van der Waals surface area contributed by atoms with Crippen molar-refractivity contribution in [3.63, 3.8) is 0 Å². The van der Waals surface area contributed by atoms with Gasteiger partial charge in [-0.1, -0.05) is 17.7 Å². The molecule has 0 amide bonds. The van der Waals surface area contributed by atoms with Crippen LogP contribution in [0.1, 0.15) is 11.3 Å². The maximum Gasteiger partial charge on any atom is 0.166 e. The van der Waals surface area contributed by atoms with Gasteiger partial charge in [-0.25, -0.2) is 4.98 Å². The Morgan fingerprint density at radius 1 is 1.54 bits per heavy atom. The molecule has 2 aromatic rings. The Labute approximate surface area is 80.2 Å². The van der Waals surface area contributed by atoms with Gasteiger partial charge in [-0.05, 0) is 18.6 Å². The van der Waals surface area contributed by atoms with E-state index in [2.05, 4.69) is 4.98 Å². The van der Waals surface area contributed by atoms with Crippen molar-refractivity contribution in [3.05, 3.63) is 34.7 Å². The fourth-order valence-electron chi connectivity index (χ4n) is 1.22. The number of rotatable bonds is 0. The van der Waals surface area contributed by atoms with Crippen LogP contribution in [0.5, 0.6) is 0 Å². The molecule has 3 nitrogen and oxygen atoms in total. The van der Waals surface area contributed by atoms with Crippen LogP contribution in [0, 0.1) is 18.3 Å². The monoisotopic (exact) mass is 191 g/mol. The van der Waals surface area contributed by atoms with Gasteiger partial charge in [0.15, 0.2) is 10.8 Å². The Morgan fingerprint density at radius 3 is 3.00 bits per heavy atom. The molecule has 0 atom stereocenters. The van der Waals surface area contributed by atoms with E-state index in [-0.39, 0.29) is 5.15 Å². The standard InChI is InChI=1S/C9H6ClN3/c1-6-2-3-8-12-9(10)7(4-11)13(8)5-6/h2-3,5H,1H3. The Balaban J connectivity index is 2.91. The van der Waals surface area contributed by atoms with Gasteiger partial charge in [0.25, 0.3) is 0 Å². The van der Waals surface area contributed by atoms with Crippen molar-refractivity contribution in [1.82, 2.24) is 9.38 Å². The number of aromatic nitrogens is 2. The van der Waals surface area contributed by atoms with E-state index in [1.165, 1.54) is 0 Å². The number of nitriles is 1. The molecule has 0 aromatic carbocycles. The van der Waals surface area contributed by atoms with E-state index in [1.54, 1.807) is 4.40 Å². The zero-order valence-electron chi connectivity index (χ0n) is 6.95. The highest BCUT2D eigenvalue weighted by molar-refractivity contribution is 6.30. The predicted octanol–water partition coefficient (Wildman–Crippen LogP) is 2.17. The van der Waals surface area contributed by atoms with Gasteiger partial charge in [0.2, 0.25) is 0 Å². The van der Waals surface area contributed by atoms with Gasteiger partial charge >= 0.3 is 0 Å². The fourth-order valence-corrected chi connectivity index (χ4v) is 1.44. The molecule has 4 heteroatoms. The molecule has 0 unspecified atom stereocenters. The summed E-state index contributed by atoms with van der Waals surface area (Å²) in [6.07, 6.45) is 1.84. The number of pyridine rings is 1. The lowest BCUT2D eigenvalue weighted by atomic mass is 10.3. The number of aryl methyl sites for hydroxylation is 1. The highest BCUT2D eigenvalue weighted by Crippen LogP contribution is 2.16. The van der Waals surface area contributed by atoms with Gasteiger partial charge < -0.3 is 0 Å². The molecule has 0 aliphatic rings. The van der Waals surface area contributed by atoms with Crippen molar-refractivity contribution >= 4 is 17.2 Å². The Kier molecular flexibility index (Phi) is 1.71. The maximum absolute atomic E-state index is 8.80. The fraction of sp³-hybridized carbons (Fsp3) is 0.111. The molecule has 0 saturated heterocycles. The minimum atomic E-state index is 0.258. The molecular weight excluding hydrogens is 186 g/mol. The second-order valence-electron chi connectivity index (χ2n) is 2.80. The summed E-state index contributed by atoms with van der Waals surface area (Å²) in [7, 11) is 0. The second kappa shape index (κ2) is 2.75. The lowest BCUT2D eigenvalue weighted by Gasteiger charge is -1.95. The minimum absolute atomic E-state index is 0.258. The predicted molar refractivity (Wildman–Crippen MR) is 49.7 cm³/mol. The first-order valence-electron chi connectivity index (χ1n) is 3.76. The smallest absolute Gasteiger partial charge is 0.166 e. The largest absolute Gasteiger partial charge is 0.290 e. The summed E-state index contributed by atoms with van der Waals surface area (Å²) < 4.78 is 1.69. The minimum Gasteiger partial charge on any atom is -0.290 e. The van der Waals surface area contributed by atoms with E-state index in [4.69, 9.17) is 16.9 Å². The van der Waals surface area contributed by atoms with Crippen molar-refractivity contribution in [2.24, 2.45) is 0 Å². The first-order chi connectivity index (χ1) is 6.22. The summed E-state index contributed by atoms with van der Waals surface area (Å²) >= 11 is 5.77. The molecule has 0 saturated carbocycles. The molecular formula is C9H6ClN3. The number of fused-ring (bicyclic) bond motifs is 1. The maximum atomic E-state index is 8.80. The van der Waals surface area contributed by atoms with E-state index in [0.717, 1.165) is 5.56 Å². The summed E-state index contributed by atoms with van der Waals surface area (Å²) in [6, 6.07) is 5.78. The summed E-state index contributed by atoms with van der Waals surface area (Å²) in [4.78, 5) is 4.03. The Hall–Kier alpha value is -1.53. The molecule has 2 aromatic heterocycles. The van der Waals surface area contributed by atoms with E-state index in [0.29, 0.717) is 11.3 Å². The van der Waals surface area contributed by atoms with E-state index >= 15 is 0 Å². The van der Waals surface area contributed by atoms with Gasteiger partial charge in [-0.15, -0.1) is 0 Å². The average Bonchev–Trinajstić information content (AvgIpc) is 2.40. The number of imidazole rings is 1. The van der Waals surface area contributed by atoms with Crippen LogP contribution >= 0.6 is 11.6 Å². The second-order valence-corrected chi connectivity index (χ2v) is 3.16. The van der Waals surface area contributed by atoms with Gasteiger partial charge in [-0.3, -0.25) is 4.40 Å². The lowest BCUT2D eigenvalue weighted by molar-refractivity contribution is 1.13. The molecule has 0 aliphatic carbocycles. The third kappa shape index (κ3) is 1.16. The van der Waals surface area contributed by atoms with Gasteiger partial charge in [0.05, 0.1) is 0 Å². The normalized spacial score (nSPS) is 10.2. The molecule has 0 spiro atoms. The third-order valence-corrected chi connectivity index (χ3v) is 2.09. The van der Waals surface area contributed by atoms with Gasteiger partial charge in [0.1, 0.15) is 11.7 Å². The van der Waals surface area contributed by atoms with E-state index < -0.39 is 0 Å². The molecule has 0 aliphatic heterocycles. The van der Waals surface area contributed by atoms with Crippen LogP contribution in [0.3, 0.4) is 0 Å². The highest BCUT2D eigenvalue weighted by atomic mass is 35.5. The summed E-state index contributed by atoms with van der Waals surface area (Å²) in [6.45, 7) is 1.95. The van der Waals surface area contributed by atoms with Gasteiger partial charge in [0, 0.05) is 6.20 Å². The molecule has 13 heavy (non-hydrogen) atoms. The Morgan fingerprint density at radius 2 is 2.31 bits per heavy atom. The number of halogens is 1. The summed E-state index contributed by atoms with van der Waals surface area (Å²) in [5.41, 5.74) is 2.16. The number of hydrogen-bond donors (Lipinski definition) is 0. The van der Waals surface area contributed by atoms with Crippen molar-refractivity contribution in [3.8, 4) is 6.07 Å². The zero-order chi connectivity index (χ0) is 9.42. The van der Waals surface area contributed by atoms with Crippen LogP contribution in [-0.2, 0) is 0 Å². The van der Waals surface area contributed by atoms with Crippen molar-refractivity contribution in [1.29, 1.82) is 5.26 Å². The van der Waals surface area contributed by atoms with Crippen molar-refractivity contribution < 1.29 is 0 Å². The SMILES string of the molecule is Cc1ccc2nc(Cl)c(C#N)n2c1. The topological polar surface area (TPSA) is 41.1 Å². The molecule has 0 radical (unpaired) electrons. The van der Waals surface area contributed by atoms with Crippen molar-refractivity contribution in [2.45, 2.75) is 6.92 Å². The summed E-state index contributed by atoms with van der Waals surface area (Å²) in [5.74, 6) is 0. The molecule has 64 valence electrons. The molecule has 0 fully saturated rings. The summed E-state index contributed by atoms with van der Waals surface area (Å²) in [5, 5.41) is 9.06. The first-order valence-corrected chi connectivity index (χ1v) is 4.14. The molecule has 2 heterocycles. The lowest BCUT2D eigenvalue weighted by Crippen LogP contribution is -1.88. The van der Waals surface area contributed by atoms with Crippen LogP contribution in [0.25, 0.3) is 5.65 Å².